The number of hydrogen-bond acceptors (Lipinski definition) is 3. The van der Waals surface area contributed by atoms with Gasteiger partial charge in [-0.2, -0.15) is 0 Å². The number of carbonyl (C=O) groups is 1. The van der Waals surface area contributed by atoms with Gasteiger partial charge in [0.25, 0.3) is 0 Å². The largest absolute Gasteiger partial charge is 0.480 e. The second-order valence-electron chi connectivity index (χ2n) is 4.03. The molecule has 4 nitrogen and oxygen atoms in total. The molecule has 5 heteroatoms. The van der Waals surface area contributed by atoms with Crippen LogP contribution in [0.3, 0.4) is 0 Å². The Morgan fingerprint density at radius 1 is 1.28 bits per heavy atom. The van der Waals surface area contributed by atoms with Crippen LogP contribution in [0.15, 0.2) is 40.9 Å². The molecule has 0 spiro atoms. The number of carboxylic acids is 1. The highest BCUT2D eigenvalue weighted by atomic mass is 79.9. The van der Waals surface area contributed by atoms with Gasteiger partial charge in [0.2, 0.25) is 0 Å². The van der Waals surface area contributed by atoms with Crippen LogP contribution in [0.4, 0.5) is 5.69 Å². The number of carboxylic acid groups (broad SMARTS) is 1. The SMILES string of the molecule is NC(CNc1ccc2cc(Br)ccc2c1)C(=O)O. The first-order chi connectivity index (χ1) is 8.56. The summed E-state index contributed by atoms with van der Waals surface area (Å²) in [4.78, 5) is 10.6. The lowest BCUT2D eigenvalue weighted by atomic mass is 10.1. The van der Waals surface area contributed by atoms with Crippen molar-refractivity contribution in [1.82, 2.24) is 0 Å². The summed E-state index contributed by atoms with van der Waals surface area (Å²) in [6.45, 7) is 0.206. The average Bonchev–Trinajstić information content (AvgIpc) is 2.35. The van der Waals surface area contributed by atoms with Crippen molar-refractivity contribution in [1.29, 1.82) is 0 Å². The highest BCUT2D eigenvalue weighted by Crippen LogP contribution is 2.22. The van der Waals surface area contributed by atoms with Gasteiger partial charge in [-0.3, -0.25) is 4.79 Å². The Labute approximate surface area is 113 Å². The van der Waals surface area contributed by atoms with Gasteiger partial charge in [0.15, 0.2) is 0 Å². The van der Waals surface area contributed by atoms with Crippen molar-refractivity contribution in [2.45, 2.75) is 6.04 Å². The zero-order chi connectivity index (χ0) is 13.1. The topological polar surface area (TPSA) is 75.3 Å². The molecule has 2 aromatic carbocycles. The first-order valence-corrected chi connectivity index (χ1v) is 6.27. The molecule has 1 unspecified atom stereocenters. The smallest absolute Gasteiger partial charge is 0.322 e. The zero-order valence-electron chi connectivity index (χ0n) is 9.56. The van der Waals surface area contributed by atoms with Gasteiger partial charge in [-0.1, -0.05) is 28.1 Å². The molecule has 0 amide bonds. The number of nitrogens with two attached hydrogens (primary N) is 1. The monoisotopic (exact) mass is 308 g/mol. The van der Waals surface area contributed by atoms with Crippen LogP contribution in [0.25, 0.3) is 10.8 Å². The number of benzene rings is 2. The van der Waals surface area contributed by atoms with Crippen molar-refractivity contribution in [2.24, 2.45) is 5.73 Å². The third-order valence-electron chi connectivity index (χ3n) is 2.65. The molecule has 0 aliphatic carbocycles. The predicted molar refractivity (Wildman–Crippen MR) is 75.7 cm³/mol. The second kappa shape index (κ2) is 5.37. The van der Waals surface area contributed by atoms with Crippen molar-refractivity contribution in [2.75, 3.05) is 11.9 Å². The van der Waals surface area contributed by atoms with Crippen LogP contribution in [-0.2, 0) is 4.79 Å². The van der Waals surface area contributed by atoms with Gasteiger partial charge in [-0.05, 0) is 35.0 Å². The van der Waals surface area contributed by atoms with E-state index in [4.69, 9.17) is 10.8 Å². The Bertz CT molecular complexity index is 586. The molecule has 1 atom stereocenters. The number of aliphatic carboxylic acids is 1. The van der Waals surface area contributed by atoms with E-state index >= 15 is 0 Å². The molecule has 0 saturated carbocycles. The van der Waals surface area contributed by atoms with Crippen molar-refractivity contribution in [3.63, 3.8) is 0 Å². The van der Waals surface area contributed by atoms with Crippen molar-refractivity contribution >= 4 is 38.4 Å². The summed E-state index contributed by atoms with van der Waals surface area (Å²) in [5, 5.41) is 13.9. The van der Waals surface area contributed by atoms with Gasteiger partial charge < -0.3 is 16.2 Å². The maximum Gasteiger partial charge on any atom is 0.322 e. The summed E-state index contributed by atoms with van der Waals surface area (Å²) in [6, 6.07) is 11.0. The third kappa shape index (κ3) is 3.00. The zero-order valence-corrected chi connectivity index (χ0v) is 11.1. The van der Waals surface area contributed by atoms with Crippen LogP contribution in [0.1, 0.15) is 0 Å². The molecular weight excluding hydrogens is 296 g/mol. The number of nitrogens with one attached hydrogen (secondary N) is 1. The molecule has 94 valence electrons. The lowest BCUT2D eigenvalue weighted by Gasteiger charge is -2.10. The summed E-state index contributed by atoms with van der Waals surface area (Å²) < 4.78 is 1.03. The van der Waals surface area contributed by atoms with Crippen LogP contribution in [0.2, 0.25) is 0 Å². The van der Waals surface area contributed by atoms with E-state index in [0.717, 1.165) is 20.9 Å². The Morgan fingerprint density at radius 2 is 1.94 bits per heavy atom. The van der Waals surface area contributed by atoms with Gasteiger partial charge in [0, 0.05) is 16.7 Å². The minimum Gasteiger partial charge on any atom is -0.480 e. The number of anilines is 1. The normalized spacial score (nSPS) is 12.3. The predicted octanol–water partition coefficient (Wildman–Crippen LogP) is 2.43. The van der Waals surface area contributed by atoms with E-state index in [0.29, 0.717) is 0 Å². The third-order valence-corrected chi connectivity index (χ3v) is 3.14. The molecule has 2 rings (SSSR count). The summed E-state index contributed by atoms with van der Waals surface area (Å²) in [5.41, 5.74) is 6.29. The van der Waals surface area contributed by atoms with E-state index in [1.165, 1.54) is 0 Å². The maximum atomic E-state index is 10.6. The summed E-state index contributed by atoms with van der Waals surface area (Å²) in [5.74, 6) is -1.01. The van der Waals surface area contributed by atoms with Crippen molar-refractivity contribution in [3.05, 3.63) is 40.9 Å². The molecule has 0 aliphatic rings. The van der Waals surface area contributed by atoms with E-state index in [2.05, 4.69) is 21.2 Å². The molecule has 0 fully saturated rings. The Balaban J connectivity index is 2.15. The molecule has 18 heavy (non-hydrogen) atoms. The minimum absolute atomic E-state index is 0.206. The van der Waals surface area contributed by atoms with Crippen LogP contribution in [0.5, 0.6) is 0 Å². The van der Waals surface area contributed by atoms with E-state index in [-0.39, 0.29) is 6.54 Å². The highest BCUT2D eigenvalue weighted by Gasteiger charge is 2.10. The molecule has 0 radical (unpaired) electrons. The van der Waals surface area contributed by atoms with Crippen LogP contribution >= 0.6 is 15.9 Å². The number of fused-ring (bicyclic) bond motifs is 1. The summed E-state index contributed by atoms with van der Waals surface area (Å²) in [6.07, 6.45) is 0. The Kier molecular flexibility index (Phi) is 3.84. The fourth-order valence-electron chi connectivity index (χ4n) is 1.64. The van der Waals surface area contributed by atoms with E-state index < -0.39 is 12.0 Å². The van der Waals surface area contributed by atoms with E-state index in [9.17, 15) is 4.79 Å². The standard InChI is InChI=1S/C13H13BrN2O2/c14-10-3-1-9-6-11(4-2-8(9)5-10)16-7-12(15)13(17)18/h1-6,12,16H,7,15H2,(H,17,18). The van der Waals surface area contributed by atoms with E-state index in [1.54, 1.807) is 0 Å². The first-order valence-electron chi connectivity index (χ1n) is 5.48. The molecule has 0 bridgehead atoms. The number of hydrogen-bond donors (Lipinski definition) is 3. The summed E-state index contributed by atoms with van der Waals surface area (Å²) in [7, 11) is 0. The molecule has 0 heterocycles. The lowest BCUT2D eigenvalue weighted by Crippen LogP contribution is -2.36. The number of rotatable bonds is 4. The fraction of sp³-hybridized carbons (Fsp3) is 0.154. The molecule has 0 saturated heterocycles. The molecule has 2 aromatic rings. The fourth-order valence-corrected chi connectivity index (χ4v) is 2.02. The molecule has 0 aliphatic heterocycles. The minimum atomic E-state index is -1.01. The maximum absolute atomic E-state index is 10.6. The second-order valence-corrected chi connectivity index (χ2v) is 4.95. The van der Waals surface area contributed by atoms with E-state index in [1.807, 2.05) is 36.4 Å². The Hall–Kier alpha value is -1.59. The quantitative estimate of drug-likeness (QED) is 0.811. The van der Waals surface area contributed by atoms with Gasteiger partial charge in [-0.15, -0.1) is 0 Å². The first kappa shape index (κ1) is 12.9. The average molecular weight is 309 g/mol. The van der Waals surface area contributed by atoms with Gasteiger partial charge in [-0.25, -0.2) is 0 Å². The van der Waals surface area contributed by atoms with Crippen molar-refractivity contribution < 1.29 is 9.90 Å². The lowest BCUT2D eigenvalue weighted by molar-refractivity contribution is -0.138. The van der Waals surface area contributed by atoms with Crippen LogP contribution in [0, 0.1) is 0 Å². The number of halogens is 1. The molecular formula is C13H13BrN2O2. The molecule has 0 aromatic heterocycles. The van der Waals surface area contributed by atoms with Crippen molar-refractivity contribution in [3.8, 4) is 0 Å². The highest BCUT2D eigenvalue weighted by molar-refractivity contribution is 9.10. The Morgan fingerprint density at radius 3 is 2.67 bits per heavy atom. The van der Waals surface area contributed by atoms with Gasteiger partial charge >= 0.3 is 5.97 Å². The summed E-state index contributed by atoms with van der Waals surface area (Å²) >= 11 is 3.42. The van der Waals surface area contributed by atoms with Crippen LogP contribution in [-0.4, -0.2) is 23.7 Å². The van der Waals surface area contributed by atoms with Gasteiger partial charge in [0.05, 0.1) is 0 Å². The van der Waals surface area contributed by atoms with Crippen LogP contribution < -0.4 is 11.1 Å². The van der Waals surface area contributed by atoms with Gasteiger partial charge in [0.1, 0.15) is 6.04 Å². The molecule has 4 N–H and O–H groups in total.